The number of nitrogens with zero attached hydrogens (tertiary/aromatic N) is 3. The van der Waals surface area contributed by atoms with Gasteiger partial charge < -0.3 is 14.6 Å². The predicted octanol–water partition coefficient (Wildman–Crippen LogP) is 3.48. The minimum absolute atomic E-state index is 0.0287. The lowest BCUT2D eigenvalue weighted by Crippen LogP contribution is -2.34. The second-order valence-electron chi connectivity index (χ2n) is 7.55. The number of carbonyl (C=O) groups excluding carboxylic acids is 1. The molecule has 0 aliphatic carbocycles. The highest BCUT2D eigenvalue weighted by molar-refractivity contribution is 5.83. The van der Waals surface area contributed by atoms with Gasteiger partial charge >= 0.3 is 0 Å². The number of benzene rings is 2. The van der Waals surface area contributed by atoms with Crippen molar-refractivity contribution in [3.8, 4) is 17.0 Å². The zero-order valence-electron chi connectivity index (χ0n) is 18.2. The number of fused-ring (bicyclic) bond motifs is 1. The molecule has 0 aliphatic rings. The van der Waals surface area contributed by atoms with Gasteiger partial charge in [-0.2, -0.15) is 5.10 Å². The van der Waals surface area contributed by atoms with Gasteiger partial charge in [0.15, 0.2) is 0 Å². The number of hydrogen-bond donors (Lipinski definition) is 1. The van der Waals surface area contributed by atoms with Crippen LogP contribution in [0.25, 0.3) is 16.8 Å². The number of rotatable bonds is 8. The number of methoxy groups -OCH3 is 1. The molecule has 4 rings (SSSR count). The van der Waals surface area contributed by atoms with Crippen LogP contribution in [0.5, 0.6) is 5.75 Å². The molecule has 0 saturated carbocycles. The molecule has 7 heteroatoms. The summed E-state index contributed by atoms with van der Waals surface area (Å²) in [6.45, 7) is 2.75. The molecule has 1 atom stereocenters. The van der Waals surface area contributed by atoms with Gasteiger partial charge in [-0.25, -0.2) is 4.52 Å². The summed E-state index contributed by atoms with van der Waals surface area (Å²) in [7, 11) is 1.62. The zero-order chi connectivity index (χ0) is 22.5. The Kier molecular flexibility index (Phi) is 6.35. The monoisotopic (exact) mass is 430 g/mol. The first-order valence-corrected chi connectivity index (χ1v) is 10.7. The summed E-state index contributed by atoms with van der Waals surface area (Å²) in [5, 5.41) is 7.47. The number of aromatic nitrogens is 3. The minimum atomic E-state index is -0.197. The quantitative estimate of drug-likeness (QED) is 0.464. The molecule has 1 amide bonds. The molecule has 164 valence electrons. The number of nitrogens with one attached hydrogen (secondary N) is 1. The van der Waals surface area contributed by atoms with Crippen LogP contribution in [-0.2, 0) is 11.3 Å². The van der Waals surface area contributed by atoms with Gasteiger partial charge in [-0.05, 0) is 42.3 Å². The summed E-state index contributed by atoms with van der Waals surface area (Å²) in [6.07, 6.45) is 4.16. The zero-order valence-corrected chi connectivity index (χ0v) is 18.2. The van der Waals surface area contributed by atoms with E-state index in [1.807, 2.05) is 61.5 Å². The second kappa shape index (κ2) is 9.51. The Bertz CT molecular complexity index is 1260. The summed E-state index contributed by atoms with van der Waals surface area (Å²) in [5.41, 5.74) is 2.95. The molecule has 0 aliphatic heterocycles. The first-order chi connectivity index (χ1) is 15.6. The van der Waals surface area contributed by atoms with Crippen LogP contribution in [0.2, 0.25) is 0 Å². The Morgan fingerprint density at radius 2 is 1.84 bits per heavy atom. The Morgan fingerprint density at radius 3 is 2.53 bits per heavy atom. The van der Waals surface area contributed by atoms with Gasteiger partial charge in [-0.1, -0.05) is 37.3 Å². The normalized spacial score (nSPS) is 11.9. The van der Waals surface area contributed by atoms with Gasteiger partial charge in [0.05, 0.1) is 18.7 Å². The van der Waals surface area contributed by atoms with Gasteiger partial charge in [0.25, 0.3) is 5.56 Å². The van der Waals surface area contributed by atoms with Crippen LogP contribution in [-0.4, -0.2) is 33.7 Å². The van der Waals surface area contributed by atoms with E-state index in [9.17, 15) is 9.59 Å². The van der Waals surface area contributed by atoms with E-state index in [4.69, 9.17) is 4.74 Å². The van der Waals surface area contributed by atoms with E-state index in [0.717, 1.165) is 16.9 Å². The van der Waals surface area contributed by atoms with Crippen LogP contribution >= 0.6 is 0 Å². The third kappa shape index (κ3) is 4.42. The summed E-state index contributed by atoms with van der Waals surface area (Å²) in [5.74, 6) is 0.538. The average molecular weight is 431 g/mol. The fourth-order valence-corrected chi connectivity index (χ4v) is 3.79. The van der Waals surface area contributed by atoms with Crippen molar-refractivity contribution < 1.29 is 9.53 Å². The highest BCUT2D eigenvalue weighted by Gasteiger charge is 2.18. The van der Waals surface area contributed by atoms with Crippen molar-refractivity contribution in [1.82, 2.24) is 19.5 Å². The molecule has 1 N–H and O–H groups in total. The molecule has 0 spiro atoms. The molecule has 0 fully saturated rings. The Balaban J connectivity index is 1.46. The van der Waals surface area contributed by atoms with Gasteiger partial charge in [-0.15, -0.1) is 0 Å². The minimum Gasteiger partial charge on any atom is -0.497 e. The van der Waals surface area contributed by atoms with Crippen molar-refractivity contribution >= 4 is 11.4 Å². The topological polar surface area (TPSA) is 77.6 Å². The fourth-order valence-electron chi connectivity index (χ4n) is 3.79. The van der Waals surface area contributed by atoms with Crippen molar-refractivity contribution in [2.45, 2.75) is 25.8 Å². The molecular formula is C25H26N4O3. The van der Waals surface area contributed by atoms with Crippen LogP contribution in [0.4, 0.5) is 0 Å². The first kappa shape index (κ1) is 21.4. The highest BCUT2D eigenvalue weighted by atomic mass is 16.5. The van der Waals surface area contributed by atoms with Gasteiger partial charge in [0.2, 0.25) is 5.91 Å². The highest BCUT2D eigenvalue weighted by Crippen LogP contribution is 2.22. The molecule has 0 bridgehead atoms. The summed E-state index contributed by atoms with van der Waals surface area (Å²) in [6, 6.07) is 19.1. The maximum Gasteiger partial charge on any atom is 0.276 e. The lowest BCUT2D eigenvalue weighted by atomic mass is 9.96. The average Bonchev–Trinajstić information content (AvgIpc) is 3.27. The molecule has 7 nitrogen and oxygen atoms in total. The molecule has 4 aromatic rings. The molecule has 0 radical (unpaired) electrons. The molecular weight excluding hydrogens is 404 g/mol. The molecule has 32 heavy (non-hydrogen) atoms. The Labute approximate surface area is 186 Å². The van der Waals surface area contributed by atoms with E-state index in [-0.39, 0.29) is 17.4 Å². The van der Waals surface area contributed by atoms with Crippen LogP contribution < -0.4 is 15.6 Å². The number of hydrogen-bond acceptors (Lipinski definition) is 4. The molecule has 2 heterocycles. The van der Waals surface area contributed by atoms with Crippen LogP contribution in [0, 0.1) is 0 Å². The third-order valence-electron chi connectivity index (χ3n) is 5.57. The predicted molar refractivity (Wildman–Crippen MR) is 124 cm³/mol. The Hall–Kier alpha value is -3.87. The molecule has 0 saturated heterocycles. The Morgan fingerprint density at radius 1 is 1.09 bits per heavy atom. The summed E-state index contributed by atoms with van der Waals surface area (Å²) < 4.78 is 8.37. The summed E-state index contributed by atoms with van der Waals surface area (Å²) in [4.78, 5) is 25.6. The van der Waals surface area contributed by atoms with Crippen molar-refractivity contribution in [3.05, 3.63) is 89.0 Å². The maximum atomic E-state index is 12.9. The van der Waals surface area contributed by atoms with Crippen molar-refractivity contribution in [3.63, 3.8) is 0 Å². The van der Waals surface area contributed by atoms with Gasteiger partial charge in [-0.3, -0.25) is 9.59 Å². The number of ether oxygens (including phenoxy) is 1. The van der Waals surface area contributed by atoms with Crippen LogP contribution in [0.1, 0.15) is 24.8 Å². The maximum absolute atomic E-state index is 12.9. The van der Waals surface area contributed by atoms with Crippen molar-refractivity contribution in [2.75, 3.05) is 13.7 Å². The number of amides is 1. The van der Waals surface area contributed by atoms with Gasteiger partial charge in [0.1, 0.15) is 11.3 Å². The molecule has 2 aromatic carbocycles. The lowest BCUT2D eigenvalue weighted by molar-refractivity contribution is -0.122. The van der Waals surface area contributed by atoms with E-state index in [2.05, 4.69) is 10.4 Å². The molecule has 2 aromatic heterocycles. The SMILES string of the molecule is CC[C@@H](C(=O)NCCn1ccn2nc(-c3ccc(OC)cc3)cc2c1=O)c1ccccc1. The van der Waals surface area contributed by atoms with Crippen LogP contribution in [0.3, 0.4) is 0 Å². The van der Waals surface area contributed by atoms with Crippen LogP contribution in [0.15, 0.2) is 77.9 Å². The summed E-state index contributed by atoms with van der Waals surface area (Å²) >= 11 is 0. The van der Waals surface area contributed by atoms with E-state index in [1.54, 1.807) is 34.7 Å². The smallest absolute Gasteiger partial charge is 0.276 e. The van der Waals surface area contributed by atoms with Gasteiger partial charge in [0, 0.05) is 31.0 Å². The van der Waals surface area contributed by atoms with Crippen molar-refractivity contribution in [2.24, 2.45) is 0 Å². The van der Waals surface area contributed by atoms with E-state index in [1.165, 1.54) is 0 Å². The molecule has 0 unspecified atom stereocenters. The fraction of sp³-hybridized carbons (Fsp3) is 0.240. The first-order valence-electron chi connectivity index (χ1n) is 10.7. The standard InChI is InChI=1S/C25H26N4O3/c1-3-21(18-7-5-4-6-8-18)24(30)26-13-14-28-15-16-29-23(25(28)31)17-22(27-29)19-9-11-20(32-2)12-10-19/h4-12,15-17,21H,3,13-14H2,1-2H3,(H,26,30)/t21-/m1/s1. The van der Waals surface area contributed by atoms with E-state index < -0.39 is 0 Å². The third-order valence-corrected chi connectivity index (χ3v) is 5.57. The lowest BCUT2D eigenvalue weighted by Gasteiger charge is -2.15. The van der Waals surface area contributed by atoms with E-state index in [0.29, 0.717) is 30.7 Å². The van der Waals surface area contributed by atoms with Crippen molar-refractivity contribution in [1.29, 1.82) is 0 Å². The largest absolute Gasteiger partial charge is 0.497 e. The second-order valence-corrected chi connectivity index (χ2v) is 7.55. The van der Waals surface area contributed by atoms with E-state index >= 15 is 0 Å². The number of carbonyl (C=O) groups is 1.